The number of rotatable bonds is 6. The van der Waals surface area contributed by atoms with Gasteiger partial charge in [-0.05, 0) is 35.4 Å². The molecule has 1 saturated heterocycles. The van der Waals surface area contributed by atoms with E-state index in [4.69, 9.17) is 0 Å². The van der Waals surface area contributed by atoms with Gasteiger partial charge >= 0.3 is 0 Å². The minimum Gasteiger partial charge on any atom is -0.325 e. The van der Waals surface area contributed by atoms with Crippen molar-refractivity contribution in [2.24, 2.45) is 0 Å². The molecule has 5 nitrogen and oxygen atoms in total. The average Bonchev–Trinajstić information content (AvgIpc) is 2.75. The first kappa shape index (κ1) is 20.3. The van der Waals surface area contributed by atoms with Gasteiger partial charge in [-0.2, -0.15) is 0 Å². The SMILES string of the molecule is CC(=O)c1cccc(NC(=O)CN2CCN(Cc3cccc4ccccc34)CC2)c1. The molecule has 0 atom stereocenters. The first-order valence-corrected chi connectivity index (χ1v) is 10.4. The van der Waals surface area contributed by atoms with Crippen LogP contribution in [0, 0.1) is 0 Å². The van der Waals surface area contributed by atoms with Gasteiger partial charge in [-0.15, -0.1) is 0 Å². The second-order valence-corrected chi connectivity index (χ2v) is 7.88. The number of amides is 1. The first-order valence-electron chi connectivity index (χ1n) is 10.4. The minimum absolute atomic E-state index is 0.00610. The van der Waals surface area contributed by atoms with E-state index in [1.54, 1.807) is 18.2 Å². The normalized spacial score (nSPS) is 15.2. The second-order valence-electron chi connectivity index (χ2n) is 7.88. The van der Waals surface area contributed by atoms with Crippen LogP contribution in [0.4, 0.5) is 5.69 Å². The Labute approximate surface area is 177 Å². The lowest BCUT2D eigenvalue weighted by Gasteiger charge is -2.34. The van der Waals surface area contributed by atoms with E-state index in [2.05, 4.69) is 57.6 Å². The van der Waals surface area contributed by atoms with Crippen LogP contribution in [0.5, 0.6) is 0 Å². The summed E-state index contributed by atoms with van der Waals surface area (Å²) in [5, 5.41) is 5.50. The fourth-order valence-electron chi connectivity index (χ4n) is 4.00. The van der Waals surface area contributed by atoms with Crippen molar-refractivity contribution in [1.29, 1.82) is 0 Å². The predicted octanol–water partition coefficient (Wildman–Crippen LogP) is 3.80. The fraction of sp³-hybridized carbons (Fsp3) is 0.280. The van der Waals surface area contributed by atoms with Crippen molar-refractivity contribution in [2.75, 3.05) is 38.0 Å². The van der Waals surface area contributed by atoms with E-state index in [-0.39, 0.29) is 11.7 Å². The van der Waals surface area contributed by atoms with Crippen LogP contribution in [0.2, 0.25) is 0 Å². The maximum atomic E-state index is 12.4. The molecule has 5 heteroatoms. The lowest BCUT2D eigenvalue weighted by molar-refractivity contribution is -0.117. The Morgan fingerprint density at radius 3 is 2.37 bits per heavy atom. The summed E-state index contributed by atoms with van der Waals surface area (Å²) in [6.07, 6.45) is 0. The van der Waals surface area contributed by atoms with E-state index < -0.39 is 0 Å². The molecule has 0 aliphatic carbocycles. The number of ketones is 1. The van der Waals surface area contributed by atoms with Crippen molar-refractivity contribution in [1.82, 2.24) is 9.80 Å². The molecular weight excluding hydrogens is 374 g/mol. The number of Topliss-reactive ketones (excluding diaryl/α,β-unsaturated/α-hetero) is 1. The second kappa shape index (κ2) is 9.20. The number of nitrogens with one attached hydrogen (secondary N) is 1. The van der Waals surface area contributed by atoms with Crippen LogP contribution in [0.3, 0.4) is 0 Å². The van der Waals surface area contributed by atoms with Gasteiger partial charge in [0.05, 0.1) is 6.54 Å². The van der Waals surface area contributed by atoms with E-state index in [0.29, 0.717) is 17.8 Å². The molecule has 1 amide bonds. The maximum Gasteiger partial charge on any atom is 0.238 e. The Kier molecular flexibility index (Phi) is 6.21. The van der Waals surface area contributed by atoms with Crippen LogP contribution < -0.4 is 5.32 Å². The number of carbonyl (C=O) groups is 2. The maximum absolute atomic E-state index is 12.4. The number of anilines is 1. The van der Waals surface area contributed by atoms with Crippen molar-refractivity contribution in [2.45, 2.75) is 13.5 Å². The quantitative estimate of drug-likeness (QED) is 0.639. The Bertz CT molecular complexity index is 1050. The van der Waals surface area contributed by atoms with E-state index >= 15 is 0 Å². The summed E-state index contributed by atoms with van der Waals surface area (Å²) in [7, 11) is 0. The largest absolute Gasteiger partial charge is 0.325 e. The topological polar surface area (TPSA) is 52.7 Å². The van der Waals surface area contributed by atoms with Gasteiger partial charge in [0, 0.05) is 44.0 Å². The van der Waals surface area contributed by atoms with Gasteiger partial charge in [0.25, 0.3) is 0 Å². The third kappa shape index (κ3) is 4.93. The monoisotopic (exact) mass is 401 g/mol. The van der Waals surface area contributed by atoms with Gasteiger partial charge in [0.2, 0.25) is 5.91 Å². The zero-order chi connectivity index (χ0) is 20.9. The van der Waals surface area contributed by atoms with Gasteiger partial charge in [0.1, 0.15) is 0 Å². The van der Waals surface area contributed by atoms with Crippen molar-refractivity contribution in [3.8, 4) is 0 Å². The zero-order valence-electron chi connectivity index (χ0n) is 17.3. The number of benzene rings is 3. The number of hydrogen-bond donors (Lipinski definition) is 1. The van der Waals surface area contributed by atoms with Gasteiger partial charge in [-0.3, -0.25) is 19.4 Å². The molecule has 1 fully saturated rings. The molecule has 30 heavy (non-hydrogen) atoms. The highest BCUT2D eigenvalue weighted by atomic mass is 16.2. The molecule has 3 aromatic carbocycles. The summed E-state index contributed by atoms with van der Waals surface area (Å²) in [5.74, 6) is -0.0494. The number of carbonyl (C=O) groups excluding carboxylic acids is 2. The molecule has 1 aliphatic heterocycles. The highest BCUT2D eigenvalue weighted by Crippen LogP contribution is 2.20. The molecule has 1 aliphatic rings. The van der Waals surface area contributed by atoms with Crippen molar-refractivity contribution < 1.29 is 9.59 Å². The number of hydrogen-bond acceptors (Lipinski definition) is 4. The minimum atomic E-state index is -0.0433. The first-order chi connectivity index (χ1) is 14.6. The fourth-order valence-corrected chi connectivity index (χ4v) is 4.00. The van der Waals surface area contributed by atoms with Gasteiger partial charge in [-0.25, -0.2) is 0 Å². The van der Waals surface area contributed by atoms with Gasteiger partial charge in [0.15, 0.2) is 5.78 Å². The molecule has 0 spiro atoms. The molecule has 4 rings (SSSR count). The predicted molar refractivity (Wildman–Crippen MR) is 121 cm³/mol. The van der Waals surface area contributed by atoms with Crippen molar-refractivity contribution >= 4 is 28.2 Å². The van der Waals surface area contributed by atoms with Crippen LogP contribution in [0.15, 0.2) is 66.7 Å². The smallest absolute Gasteiger partial charge is 0.238 e. The molecule has 1 N–H and O–H groups in total. The molecule has 154 valence electrons. The summed E-state index contributed by atoms with van der Waals surface area (Å²) in [4.78, 5) is 28.6. The van der Waals surface area contributed by atoms with Crippen molar-refractivity contribution in [3.63, 3.8) is 0 Å². The molecule has 0 bridgehead atoms. The van der Waals surface area contributed by atoms with Crippen LogP contribution >= 0.6 is 0 Å². The molecular formula is C25H27N3O2. The third-order valence-corrected chi connectivity index (χ3v) is 5.66. The number of nitrogens with zero attached hydrogens (tertiary/aromatic N) is 2. The molecule has 3 aromatic rings. The lowest BCUT2D eigenvalue weighted by atomic mass is 10.0. The summed E-state index contributed by atoms with van der Waals surface area (Å²) < 4.78 is 0. The van der Waals surface area contributed by atoms with Gasteiger partial charge in [-0.1, -0.05) is 54.6 Å². The summed E-state index contributed by atoms with van der Waals surface area (Å²) in [6, 6.07) is 22.1. The Hall–Kier alpha value is -3.02. The van der Waals surface area contributed by atoms with Crippen LogP contribution in [0.25, 0.3) is 10.8 Å². The Morgan fingerprint density at radius 1 is 0.867 bits per heavy atom. The average molecular weight is 402 g/mol. The van der Waals surface area contributed by atoms with Gasteiger partial charge < -0.3 is 5.32 Å². The highest BCUT2D eigenvalue weighted by Gasteiger charge is 2.19. The molecule has 0 aromatic heterocycles. The zero-order valence-corrected chi connectivity index (χ0v) is 17.3. The summed E-state index contributed by atoms with van der Waals surface area (Å²) in [5.41, 5.74) is 2.63. The van der Waals surface area contributed by atoms with Crippen LogP contribution in [-0.4, -0.2) is 54.2 Å². The molecule has 0 radical (unpaired) electrons. The van der Waals surface area contributed by atoms with E-state index in [1.807, 2.05) is 6.07 Å². The molecule has 0 saturated carbocycles. The van der Waals surface area contributed by atoms with Crippen LogP contribution in [0.1, 0.15) is 22.8 Å². The highest BCUT2D eigenvalue weighted by molar-refractivity contribution is 5.97. The third-order valence-electron chi connectivity index (χ3n) is 5.66. The summed E-state index contributed by atoms with van der Waals surface area (Å²) >= 11 is 0. The Balaban J connectivity index is 1.29. The van der Waals surface area contributed by atoms with Crippen LogP contribution in [-0.2, 0) is 11.3 Å². The molecule has 0 unspecified atom stereocenters. The van der Waals surface area contributed by atoms with E-state index in [9.17, 15) is 9.59 Å². The van der Waals surface area contributed by atoms with E-state index in [0.717, 1.165) is 32.7 Å². The summed E-state index contributed by atoms with van der Waals surface area (Å²) in [6.45, 7) is 6.44. The number of piperazine rings is 1. The number of fused-ring (bicyclic) bond motifs is 1. The van der Waals surface area contributed by atoms with Crippen molar-refractivity contribution in [3.05, 3.63) is 77.9 Å². The Morgan fingerprint density at radius 2 is 1.57 bits per heavy atom. The lowest BCUT2D eigenvalue weighted by Crippen LogP contribution is -2.48. The molecule has 1 heterocycles. The van der Waals surface area contributed by atoms with E-state index in [1.165, 1.54) is 23.3 Å². The standard InChI is InChI=1S/C25H27N3O2/c1-19(29)21-8-5-10-23(16-21)26-25(30)18-28-14-12-27(13-15-28)17-22-9-4-7-20-6-2-3-11-24(20)22/h2-11,16H,12-15,17-18H2,1H3,(H,26,30).